The first-order valence-electron chi connectivity index (χ1n) is 8.56. The minimum atomic E-state index is -0.390. The molecule has 0 aliphatic heterocycles. The van der Waals surface area contributed by atoms with Crippen molar-refractivity contribution in [2.45, 2.75) is 25.7 Å². The molecule has 0 bridgehead atoms. The average molecular weight is 333 g/mol. The molecular formula is C21H19NO3. The van der Waals surface area contributed by atoms with Crippen LogP contribution in [0.15, 0.2) is 48.7 Å². The smallest absolute Gasteiger partial charge is 0.310 e. The lowest BCUT2D eigenvalue weighted by atomic mass is 10.0. The molecule has 0 saturated carbocycles. The molecule has 0 radical (unpaired) electrons. The van der Waals surface area contributed by atoms with Gasteiger partial charge >= 0.3 is 5.97 Å². The van der Waals surface area contributed by atoms with Crippen molar-refractivity contribution in [3.8, 4) is 0 Å². The number of benzene rings is 2. The molecule has 3 aromatic rings. The summed E-state index contributed by atoms with van der Waals surface area (Å²) in [6.07, 6.45) is 5.22. The highest BCUT2D eigenvalue weighted by molar-refractivity contribution is 5.98. The number of H-pyrrole nitrogens is 1. The maximum atomic E-state index is 12.3. The molecule has 0 fully saturated rings. The summed E-state index contributed by atoms with van der Waals surface area (Å²) in [7, 11) is 0. The number of hydrogen-bond donors (Lipinski definition) is 1. The van der Waals surface area contributed by atoms with E-state index in [4.69, 9.17) is 4.74 Å². The van der Waals surface area contributed by atoms with E-state index in [9.17, 15) is 9.59 Å². The minimum Gasteiger partial charge on any atom is -0.457 e. The maximum Gasteiger partial charge on any atom is 0.310 e. The number of hydrogen-bond acceptors (Lipinski definition) is 3. The van der Waals surface area contributed by atoms with Gasteiger partial charge in [0.2, 0.25) is 0 Å². The van der Waals surface area contributed by atoms with Crippen molar-refractivity contribution in [3.05, 3.63) is 70.9 Å². The van der Waals surface area contributed by atoms with Crippen LogP contribution >= 0.6 is 0 Å². The third kappa shape index (κ3) is 3.20. The summed E-state index contributed by atoms with van der Waals surface area (Å²) < 4.78 is 5.20. The summed E-state index contributed by atoms with van der Waals surface area (Å²) in [5, 5.41) is 1.00. The maximum absolute atomic E-state index is 12.3. The Labute approximate surface area is 145 Å². The zero-order chi connectivity index (χ0) is 17.2. The zero-order valence-corrected chi connectivity index (χ0v) is 13.9. The number of fused-ring (bicyclic) bond motifs is 2. The molecule has 1 heterocycles. The molecule has 1 aliphatic carbocycles. The van der Waals surface area contributed by atoms with Gasteiger partial charge in [-0.25, -0.2) is 0 Å². The molecular weight excluding hydrogens is 314 g/mol. The first-order chi connectivity index (χ1) is 12.2. The Kier molecular flexibility index (Phi) is 4.10. The molecule has 1 aliphatic rings. The van der Waals surface area contributed by atoms with E-state index in [1.807, 2.05) is 48.7 Å². The van der Waals surface area contributed by atoms with E-state index in [0.717, 1.165) is 35.7 Å². The normalized spacial score (nSPS) is 13.0. The summed E-state index contributed by atoms with van der Waals surface area (Å²) in [4.78, 5) is 27.5. The molecule has 1 aromatic heterocycles. The SMILES string of the molecule is O=C(Cc1c[nH]c2ccccc12)OCC(=O)c1ccc2c(c1)CCC2. The van der Waals surface area contributed by atoms with Crippen LogP contribution in [0.2, 0.25) is 0 Å². The highest BCUT2D eigenvalue weighted by atomic mass is 16.5. The van der Waals surface area contributed by atoms with Gasteiger partial charge in [0.15, 0.2) is 12.4 Å². The molecule has 0 amide bonds. The van der Waals surface area contributed by atoms with E-state index >= 15 is 0 Å². The van der Waals surface area contributed by atoms with Crippen molar-refractivity contribution in [1.82, 2.24) is 4.98 Å². The number of carbonyl (C=O) groups excluding carboxylic acids is 2. The third-order valence-electron chi connectivity index (χ3n) is 4.79. The third-order valence-corrected chi connectivity index (χ3v) is 4.79. The van der Waals surface area contributed by atoms with Gasteiger partial charge in [0.25, 0.3) is 0 Å². The molecule has 4 heteroatoms. The number of carbonyl (C=O) groups is 2. The Morgan fingerprint density at radius 1 is 1.04 bits per heavy atom. The summed E-state index contributed by atoms with van der Waals surface area (Å²) in [6.45, 7) is -0.208. The highest BCUT2D eigenvalue weighted by Crippen LogP contribution is 2.23. The van der Waals surface area contributed by atoms with Crippen LogP contribution in [0.1, 0.15) is 33.5 Å². The fourth-order valence-corrected chi connectivity index (χ4v) is 3.46. The number of aromatic amines is 1. The molecule has 2 aromatic carbocycles. The number of ketones is 1. The van der Waals surface area contributed by atoms with Crippen LogP contribution in [-0.4, -0.2) is 23.3 Å². The van der Waals surface area contributed by atoms with E-state index in [0.29, 0.717) is 5.56 Å². The summed E-state index contributed by atoms with van der Waals surface area (Å²) in [5.41, 5.74) is 5.06. The van der Waals surface area contributed by atoms with Crippen molar-refractivity contribution in [2.24, 2.45) is 0 Å². The van der Waals surface area contributed by atoms with E-state index < -0.39 is 0 Å². The zero-order valence-electron chi connectivity index (χ0n) is 13.9. The Morgan fingerprint density at radius 3 is 2.80 bits per heavy atom. The van der Waals surface area contributed by atoms with Gasteiger partial charge in [-0.1, -0.05) is 30.3 Å². The fourth-order valence-electron chi connectivity index (χ4n) is 3.46. The van der Waals surface area contributed by atoms with Gasteiger partial charge in [0, 0.05) is 22.7 Å². The number of Topliss-reactive ketones (excluding diaryl/α,β-unsaturated/α-hetero) is 1. The number of rotatable bonds is 5. The Hall–Kier alpha value is -2.88. The van der Waals surface area contributed by atoms with Gasteiger partial charge in [-0.05, 0) is 48.1 Å². The molecule has 25 heavy (non-hydrogen) atoms. The lowest BCUT2D eigenvalue weighted by molar-refractivity contribution is -0.141. The largest absolute Gasteiger partial charge is 0.457 e. The van der Waals surface area contributed by atoms with Crippen molar-refractivity contribution < 1.29 is 14.3 Å². The van der Waals surface area contributed by atoms with Gasteiger partial charge in [-0.2, -0.15) is 0 Å². The molecule has 0 unspecified atom stereocenters. The Bertz CT molecular complexity index is 955. The van der Waals surface area contributed by atoms with Crippen LogP contribution in [0.25, 0.3) is 10.9 Å². The van der Waals surface area contributed by atoms with Crippen molar-refractivity contribution >= 4 is 22.7 Å². The Morgan fingerprint density at radius 2 is 1.88 bits per heavy atom. The molecule has 0 atom stereocenters. The van der Waals surface area contributed by atoms with Crippen LogP contribution in [-0.2, 0) is 28.8 Å². The fraction of sp³-hybridized carbons (Fsp3) is 0.238. The van der Waals surface area contributed by atoms with E-state index in [-0.39, 0.29) is 24.8 Å². The number of aromatic nitrogens is 1. The topological polar surface area (TPSA) is 59.2 Å². The van der Waals surface area contributed by atoms with Crippen LogP contribution in [0, 0.1) is 0 Å². The number of aryl methyl sites for hydroxylation is 2. The molecule has 1 N–H and O–H groups in total. The first kappa shape index (κ1) is 15.6. The predicted molar refractivity (Wildman–Crippen MR) is 95.8 cm³/mol. The summed E-state index contributed by atoms with van der Waals surface area (Å²) in [5.74, 6) is -0.541. The van der Waals surface area contributed by atoms with Crippen molar-refractivity contribution in [1.29, 1.82) is 0 Å². The Balaban J connectivity index is 1.37. The van der Waals surface area contributed by atoms with Gasteiger partial charge in [-0.15, -0.1) is 0 Å². The first-order valence-corrected chi connectivity index (χ1v) is 8.56. The molecule has 0 saturated heterocycles. The monoisotopic (exact) mass is 333 g/mol. The van der Waals surface area contributed by atoms with Crippen molar-refractivity contribution in [3.63, 3.8) is 0 Å². The van der Waals surface area contributed by atoms with Crippen LogP contribution in [0.4, 0.5) is 0 Å². The van der Waals surface area contributed by atoms with Gasteiger partial charge in [0.05, 0.1) is 6.42 Å². The summed E-state index contributed by atoms with van der Waals surface area (Å²) >= 11 is 0. The minimum absolute atomic E-state index is 0.151. The predicted octanol–water partition coefficient (Wildman–Crippen LogP) is 3.63. The van der Waals surface area contributed by atoms with Gasteiger partial charge in [-0.3, -0.25) is 9.59 Å². The van der Waals surface area contributed by atoms with Gasteiger partial charge in [0.1, 0.15) is 0 Å². The van der Waals surface area contributed by atoms with E-state index in [1.165, 1.54) is 11.1 Å². The number of ether oxygens (including phenoxy) is 1. The lowest BCUT2D eigenvalue weighted by Crippen LogP contribution is -2.15. The second-order valence-corrected chi connectivity index (χ2v) is 6.46. The van der Waals surface area contributed by atoms with Gasteiger partial charge < -0.3 is 9.72 Å². The van der Waals surface area contributed by atoms with Crippen molar-refractivity contribution in [2.75, 3.05) is 6.61 Å². The standard InChI is InChI=1S/C21H19NO3/c23-20(16-9-8-14-4-3-5-15(14)10-16)13-25-21(24)11-17-12-22-19-7-2-1-6-18(17)19/h1-2,6-10,12,22H,3-5,11,13H2. The van der Waals surface area contributed by atoms with E-state index in [1.54, 1.807) is 0 Å². The van der Waals surface area contributed by atoms with Crippen LogP contribution in [0.5, 0.6) is 0 Å². The molecule has 4 nitrogen and oxygen atoms in total. The average Bonchev–Trinajstić information content (AvgIpc) is 3.26. The number of nitrogens with one attached hydrogen (secondary N) is 1. The van der Waals surface area contributed by atoms with Crippen LogP contribution in [0.3, 0.4) is 0 Å². The van der Waals surface area contributed by atoms with Crippen LogP contribution < -0.4 is 0 Å². The van der Waals surface area contributed by atoms with E-state index in [2.05, 4.69) is 4.98 Å². The second-order valence-electron chi connectivity index (χ2n) is 6.46. The number of esters is 1. The second kappa shape index (κ2) is 6.55. The molecule has 4 rings (SSSR count). The molecule has 0 spiro atoms. The lowest BCUT2D eigenvalue weighted by Gasteiger charge is -2.06. The number of para-hydroxylation sites is 1. The highest BCUT2D eigenvalue weighted by Gasteiger charge is 2.16. The molecule has 126 valence electrons. The quantitative estimate of drug-likeness (QED) is 0.573. The summed E-state index contributed by atoms with van der Waals surface area (Å²) in [6, 6.07) is 13.6.